The topological polar surface area (TPSA) is 67.9 Å². The van der Waals surface area contributed by atoms with Gasteiger partial charge in [0, 0.05) is 0 Å². The molecule has 0 saturated carbocycles. The molecule has 1 heterocycles. The quantitative estimate of drug-likeness (QED) is 0.342. The lowest BCUT2D eigenvalue weighted by Gasteiger charge is -2.39. The van der Waals surface area contributed by atoms with E-state index in [1.165, 1.54) is 39.2 Å². The lowest BCUT2D eigenvalue weighted by molar-refractivity contribution is -0.147. The maximum absolute atomic E-state index is 13.4. The van der Waals surface area contributed by atoms with Crippen LogP contribution in [0.25, 0.3) is 0 Å². The number of esters is 1. The highest BCUT2D eigenvalue weighted by Gasteiger charge is 2.47. The third kappa shape index (κ3) is 7.31. The zero-order chi connectivity index (χ0) is 23.6. The fourth-order valence-electron chi connectivity index (χ4n) is 4.57. The second-order valence-electron chi connectivity index (χ2n) is 9.27. The Balaban J connectivity index is 2.16. The van der Waals surface area contributed by atoms with E-state index in [4.69, 9.17) is 9.47 Å². The number of ether oxygens (including phenoxy) is 2. The van der Waals surface area contributed by atoms with Crippen LogP contribution in [-0.4, -0.2) is 48.3 Å². The van der Waals surface area contributed by atoms with Crippen molar-refractivity contribution >= 4 is 11.9 Å². The summed E-state index contributed by atoms with van der Waals surface area (Å²) in [4.78, 5) is 27.5. The van der Waals surface area contributed by atoms with Gasteiger partial charge in [-0.2, -0.15) is 0 Å². The van der Waals surface area contributed by atoms with Gasteiger partial charge < -0.3 is 14.8 Å². The molecule has 1 saturated heterocycles. The van der Waals surface area contributed by atoms with Crippen LogP contribution in [-0.2, 0) is 19.1 Å². The minimum Gasteiger partial charge on any atom is -0.467 e. The van der Waals surface area contributed by atoms with E-state index >= 15 is 0 Å². The summed E-state index contributed by atoms with van der Waals surface area (Å²) in [7, 11) is 1.34. The zero-order valence-electron chi connectivity index (χ0n) is 20.6. The molecule has 1 fully saturated rings. The highest BCUT2D eigenvalue weighted by Crippen LogP contribution is 2.39. The zero-order valence-corrected chi connectivity index (χ0v) is 20.6. The predicted molar refractivity (Wildman–Crippen MR) is 127 cm³/mol. The van der Waals surface area contributed by atoms with Crippen molar-refractivity contribution < 1.29 is 19.1 Å². The van der Waals surface area contributed by atoms with Crippen molar-refractivity contribution in [2.75, 3.05) is 13.7 Å². The highest BCUT2D eigenvalue weighted by atomic mass is 16.5. The first-order valence-electron chi connectivity index (χ1n) is 12.2. The third-order valence-electron chi connectivity index (χ3n) is 6.37. The number of hydrogen-bond acceptors (Lipinski definition) is 5. The van der Waals surface area contributed by atoms with Crippen molar-refractivity contribution in [1.29, 1.82) is 0 Å². The standard InChI is InChI=1S/C26H42N2O4/c1-6-7-8-9-10-11-15-18-22(24(29)27-20(2)25(30)31-5)28-23(19-32-26(28,3)4)21-16-13-12-14-17-21/h12-14,16-17,20,22-23H,6-11,15,18-19H2,1-5H3,(H,27,29)/t20-,22+,23-/m0/s1. The van der Waals surface area contributed by atoms with Crippen LogP contribution < -0.4 is 5.32 Å². The normalized spacial score (nSPS) is 20.0. The molecule has 180 valence electrons. The predicted octanol–water partition coefficient (Wildman–Crippen LogP) is 4.98. The largest absolute Gasteiger partial charge is 0.467 e. The lowest BCUT2D eigenvalue weighted by atomic mass is 9.97. The molecule has 0 spiro atoms. The highest BCUT2D eigenvalue weighted by molar-refractivity contribution is 5.87. The van der Waals surface area contributed by atoms with Gasteiger partial charge in [-0.3, -0.25) is 9.69 Å². The van der Waals surface area contributed by atoms with Crippen molar-refractivity contribution in [3.8, 4) is 0 Å². The van der Waals surface area contributed by atoms with Crippen LogP contribution in [0, 0.1) is 0 Å². The molecule has 1 aromatic carbocycles. The average Bonchev–Trinajstić information content (AvgIpc) is 3.10. The van der Waals surface area contributed by atoms with Crippen LogP contribution in [0.3, 0.4) is 0 Å². The fourth-order valence-corrected chi connectivity index (χ4v) is 4.57. The summed E-state index contributed by atoms with van der Waals surface area (Å²) in [5.41, 5.74) is 0.550. The molecule has 1 amide bonds. The molecule has 3 atom stereocenters. The molecule has 0 radical (unpaired) electrons. The van der Waals surface area contributed by atoms with E-state index in [1.807, 2.05) is 32.0 Å². The van der Waals surface area contributed by atoms with Crippen molar-refractivity contribution in [2.45, 2.75) is 103 Å². The second kappa shape index (κ2) is 12.9. The van der Waals surface area contributed by atoms with Crippen molar-refractivity contribution in [1.82, 2.24) is 10.2 Å². The van der Waals surface area contributed by atoms with Gasteiger partial charge in [0.1, 0.15) is 11.8 Å². The van der Waals surface area contributed by atoms with Gasteiger partial charge in [0.15, 0.2) is 0 Å². The smallest absolute Gasteiger partial charge is 0.328 e. The van der Waals surface area contributed by atoms with Gasteiger partial charge in [-0.15, -0.1) is 0 Å². The van der Waals surface area contributed by atoms with Crippen LogP contribution in [0.5, 0.6) is 0 Å². The monoisotopic (exact) mass is 446 g/mol. The third-order valence-corrected chi connectivity index (χ3v) is 6.37. The van der Waals surface area contributed by atoms with Crippen LogP contribution in [0.15, 0.2) is 30.3 Å². The van der Waals surface area contributed by atoms with Crippen LogP contribution in [0.2, 0.25) is 0 Å². The molecular formula is C26H42N2O4. The number of hydrogen-bond donors (Lipinski definition) is 1. The SMILES string of the molecule is CCCCCCCCC[C@H](C(=O)N[C@@H](C)C(=O)OC)N1[C@H](c2ccccc2)COC1(C)C. The summed E-state index contributed by atoms with van der Waals surface area (Å²) < 4.78 is 11.0. The molecule has 0 aromatic heterocycles. The van der Waals surface area contributed by atoms with E-state index in [1.54, 1.807) is 6.92 Å². The first kappa shape index (κ1) is 26.3. The van der Waals surface area contributed by atoms with Crippen molar-refractivity contribution in [3.63, 3.8) is 0 Å². The van der Waals surface area contributed by atoms with Gasteiger partial charge in [-0.25, -0.2) is 4.79 Å². The Morgan fingerprint density at radius 1 is 1.12 bits per heavy atom. The second-order valence-corrected chi connectivity index (χ2v) is 9.27. The number of methoxy groups -OCH3 is 1. The molecule has 32 heavy (non-hydrogen) atoms. The molecule has 6 heteroatoms. The Morgan fingerprint density at radius 3 is 2.38 bits per heavy atom. The summed E-state index contributed by atoms with van der Waals surface area (Å²) in [6.07, 6.45) is 9.03. The van der Waals surface area contributed by atoms with Gasteiger partial charge in [0.25, 0.3) is 0 Å². The summed E-state index contributed by atoms with van der Waals surface area (Å²) >= 11 is 0. The molecule has 2 rings (SSSR count). The fraction of sp³-hybridized carbons (Fsp3) is 0.692. The Kier molecular flexibility index (Phi) is 10.7. The molecule has 1 N–H and O–H groups in total. The molecule has 1 aliphatic rings. The number of rotatable bonds is 13. The molecule has 0 unspecified atom stereocenters. The van der Waals surface area contributed by atoms with Crippen molar-refractivity contribution in [3.05, 3.63) is 35.9 Å². The Morgan fingerprint density at radius 2 is 1.75 bits per heavy atom. The van der Waals surface area contributed by atoms with Crippen LogP contribution in [0.4, 0.5) is 0 Å². The number of amides is 1. The average molecular weight is 447 g/mol. The van der Waals surface area contributed by atoms with E-state index in [0.29, 0.717) is 6.61 Å². The number of nitrogens with zero attached hydrogens (tertiary/aromatic N) is 1. The Labute approximate surface area is 194 Å². The molecule has 1 aromatic rings. The molecule has 1 aliphatic heterocycles. The Bertz CT molecular complexity index is 707. The van der Waals surface area contributed by atoms with Gasteiger partial charge in [-0.05, 0) is 32.8 Å². The molecule has 6 nitrogen and oxygen atoms in total. The summed E-state index contributed by atoms with van der Waals surface area (Å²) in [6.45, 7) is 8.45. The molecule has 0 bridgehead atoms. The number of unbranched alkanes of at least 4 members (excludes halogenated alkanes) is 6. The Hall–Kier alpha value is -1.92. The van der Waals surface area contributed by atoms with Gasteiger partial charge >= 0.3 is 5.97 Å². The lowest BCUT2D eigenvalue weighted by Crippen LogP contribution is -2.56. The van der Waals surface area contributed by atoms with Gasteiger partial charge in [-0.1, -0.05) is 82.2 Å². The first-order valence-corrected chi connectivity index (χ1v) is 12.2. The summed E-state index contributed by atoms with van der Waals surface area (Å²) in [6, 6.07) is 9.11. The van der Waals surface area contributed by atoms with Gasteiger partial charge in [0.05, 0.1) is 25.8 Å². The van der Waals surface area contributed by atoms with Crippen LogP contribution >= 0.6 is 0 Å². The molecular weight excluding hydrogens is 404 g/mol. The first-order chi connectivity index (χ1) is 15.3. The van der Waals surface area contributed by atoms with E-state index in [2.05, 4.69) is 29.3 Å². The number of carbonyl (C=O) groups excluding carboxylic acids is 2. The minimum atomic E-state index is -0.689. The van der Waals surface area contributed by atoms with Crippen molar-refractivity contribution in [2.24, 2.45) is 0 Å². The van der Waals surface area contributed by atoms with E-state index in [9.17, 15) is 9.59 Å². The summed E-state index contributed by atoms with van der Waals surface area (Å²) in [5, 5.41) is 2.88. The van der Waals surface area contributed by atoms with E-state index in [-0.39, 0.29) is 18.0 Å². The summed E-state index contributed by atoms with van der Waals surface area (Å²) in [5.74, 6) is -0.585. The van der Waals surface area contributed by atoms with E-state index in [0.717, 1.165) is 24.8 Å². The maximum Gasteiger partial charge on any atom is 0.328 e. The number of carbonyl (C=O) groups is 2. The van der Waals surface area contributed by atoms with Crippen LogP contribution in [0.1, 0.15) is 90.7 Å². The maximum atomic E-state index is 13.4. The number of nitrogens with one attached hydrogen (secondary N) is 1. The number of benzene rings is 1. The van der Waals surface area contributed by atoms with Gasteiger partial charge in [0.2, 0.25) is 5.91 Å². The van der Waals surface area contributed by atoms with E-state index < -0.39 is 17.7 Å². The molecule has 0 aliphatic carbocycles. The minimum absolute atomic E-state index is 0.0139.